The summed E-state index contributed by atoms with van der Waals surface area (Å²) < 4.78 is 48.6. The number of allylic oxidation sites excluding steroid dienone is 1. The molecular weight excluding hydrogens is 393 g/mol. The molecule has 154 valence electrons. The highest BCUT2D eigenvalue weighted by Gasteiger charge is 2.27. The van der Waals surface area contributed by atoms with Crippen LogP contribution in [0, 0.1) is 0 Å². The van der Waals surface area contributed by atoms with Gasteiger partial charge < -0.3 is 9.74 Å². The summed E-state index contributed by atoms with van der Waals surface area (Å²) in [4.78, 5) is 12.5. The summed E-state index contributed by atoms with van der Waals surface area (Å²) >= 11 is 0. The Morgan fingerprint density at radius 3 is 2.71 bits per heavy atom. The normalized spacial score (nSPS) is 12.6. The van der Waals surface area contributed by atoms with Gasteiger partial charge in [0.25, 0.3) is 0 Å². The summed E-state index contributed by atoms with van der Waals surface area (Å²) in [7, 11) is -0.0846. The molecule has 2 aromatic heterocycles. The molecular formula is C18H23F3N4O2S. The molecule has 2 aromatic rings. The van der Waals surface area contributed by atoms with Crippen LogP contribution in [-0.4, -0.2) is 50.5 Å². The molecule has 0 aliphatic carbocycles. The van der Waals surface area contributed by atoms with Crippen LogP contribution in [0.4, 0.5) is 19.0 Å². The molecule has 0 saturated carbocycles. The van der Waals surface area contributed by atoms with Gasteiger partial charge in [0.1, 0.15) is 7.11 Å². The molecule has 1 atom stereocenters. The van der Waals surface area contributed by atoms with Crippen LogP contribution in [0.25, 0.3) is 11.3 Å². The molecule has 0 aliphatic rings. The molecule has 6 nitrogen and oxygen atoms in total. The quantitative estimate of drug-likeness (QED) is 0.594. The third-order valence-electron chi connectivity index (χ3n) is 4.00. The van der Waals surface area contributed by atoms with Crippen LogP contribution >= 0.6 is 0 Å². The third kappa shape index (κ3) is 6.08. The van der Waals surface area contributed by atoms with Gasteiger partial charge in [0.05, 0.1) is 12.1 Å². The SMILES string of the molecule is C=C(CCS(=O)CCC(F)(F)F)N(CC)c1cc(-c2cccnc2)nn1OC. The zero-order valence-electron chi connectivity index (χ0n) is 15.8. The van der Waals surface area contributed by atoms with Gasteiger partial charge >= 0.3 is 6.18 Å². The van der Waals surface area contributed by atoms with Crippen LogP contribution in [-0.2, 0) is 10.8 Å². The molecule has 2 rings (SSSR count). The Morgan fingerprint density at radius 2 is 2.14 bits per heavy atom. The zero-order valence-corrected chi connectivity index (χ0v) is 16.6. The van der Waals surface area contributed by atoms with E-state index in [1.165, 1.54) is 12.0 Å². The predicted molar refractivity (Wildman–Crippen MR) is 103 cm³/mol. The fourth-order valence-electron chi connectivity index (χ4n) is 2.57. The van der Waals surface area contributed by atoms with E-state index in [-0.39, 0.29) is 5.75 Å². The van der Waals surface area contributed by atoms with E-state index in [2.05, 4.69) is 16.7 Å². The lowest BCUT2D eigenvalue weighted by molar-refractivity contribution is -0.129. The minimum atomic E-state index is -4.30. The molecule has 0 bridgehead atoms. The monoisotopic (exact) mass is 416 g/mol. The summed E-state index contributed by atoms with van der Waals surface area (Å²) in [6.07, 6.45) is -1.70. The molecule has 0 aromatic carbocycles. The van der Waals surface area contributed by atoms with E-state index in [4.69, 9.17) is 4.84 Å². The van der Waals surface area contributed by atoms with Crippen LogP contribution in [0.1, 0.15) is 19.8 Å². The molecule has 0 radical (unpaired) electrons. The van der Waals surface area contributed by atoms with Gasteiger partial charge in [0.15, 0.2) is 5.82 Å². The maximum absolute atomic E-state index is 12.3. The first-order chi connectivity index (χ1) is 13.2. The molecule has 0 fully saturated rings. The highest BCUT2D eigenvalue weighted by Crippen LogP contribution is 2.26. The van der Waals surface area contributed by atoms with E-state index in [1.807, 2.05) is 24.0 Å². The predicted octanol–water partition coefficient (Wildman–Crippen LogP) is 3.43. The largest absolute Gasteiger partial charge is 0.398 e. The third-order valence-corrected chi connectivity index (χ3v) is 5.32. The van der Waals surface area contributed by atoms with Crippen LogP contribution in [0.3, 0.4) is 0 Å². The number of anilines is 1. The minimum absolute atomic E-state index is 0.113. The van der Waals surface area contributed by atoms with E-state index < -0.39 is 29.1 Å². The summed E-state index contributed by atoms with van der Waals surface area (Å²) in [6.45, 7) is 6.44. The average Bonchev–Trinajstić information content (AvgIpc) is 3.09. The second-order valence-electron chi connectivity index (χ2n) is 5.96. The summed E-state index contributed by atoms with van der Waals surface area (Å²) in [5, 5.41) is 4.39. The zero-order chi connectivity index (χ0) is 20.7. The summed E-state index contributed by atoms with van der Waals surface area (Å²) in [5.41, 5.74) is 2.10. The van der Waals surface area contributed by atoms with E-state index in [0.717, 1.165) is 5.56 Å². The van der Waals surface area contributed by atoms with Crippen molar-refractivity contribution in [1.29, 1.82) is 0 Å². The van der Waals surface area contributed by atoms with Crippen molar-refractivity contribution < 1.29 is 22.2 Å². The number of alkyl halides is 3. The number of halogens is 3. The van der Waals surface area contributed by atoms with Gasteiger partial charge in [-0.2, -0.15) is 13.2 Å². The van der Waals surface area contributed by atoms with Crippen molar-refractivity contribution in [2.75, 3.05) is 30.1 Å². The Hall–Kier alpha value is -2.36. The van der Waals surface area contributed by atoms with Gasteiger partial charge in [0.2, 0.25) is 0 Å². The molecule has 0 amide bonds. The van der Waals surface area contributed by atoms with Crippen molar-refractivity contribution in [2.24, 2.45) is 0 Å². The van der Waals surface area contributed by atoms with Gasteiger partial charge in [-0.25, -0.2) is 0 Å². The lowest BCUT2D eigenvalue weighted by Gasteiger charge is -2.24. The molecule has 1 unspecified atom stereocenters. The van der Waals surface area contributed by atoms with Gasteiger partial charge in [-0.05, 0) is 25.5 Å². The second-order valence-corrected chi connectivity index (χ2v) is 7.65. The van der Waals surface area contributed by atoms with E-state index in [1.54, 1.807) is 18.5 Å². The smallest absolute Gasteiger partial charge is 0.390 e. The Labute approximate surface area is 164 Å². The molecule has 0 aliphatic heterocycles. The summed E-state index contributed by atoms with van der Waals surface area (Å²) in [5.74, 6) is 0.335. The molecule has 2 heterocycles. The lowest BCUT2D eigenvalue weighted by atomic mass is 10.2. The van der Waals surface area contributed by atoms with E-state index in [9.17, 15) is 17.4 Å². The van der Waals surface area contributed by atoms with Gasteiger partial charge in [-0.15, -0.1) is 5.10 Å². The minimum Gasteiger partial charge on any atom is -0.398 e. The Kier molecular flexibility index (Phi) is 7.61. The Morgan fingerprint density at radius 1 is 1.39 bits per heavy atom. The van der Waals surface area contributed by atoms with Gasteiger partial charge in [-0.3, -0.25) is 9.19 Å². The van der Waals surface area contributed by atoms with E-state index >= 15 is 0 Å². The maximum Gasteiger partial charge on any atom is 0.390 e. The lowest BCUT2D eigenvalue weighted by Crippen LogP contribution is -2.27. The first-order valence-electron chi connectivity index (χ1n) is 8.67. The highest BCUT2D eigenvalue weighted by molar-refractivity contribution is 7.84. The van der Waals surface area contributed by atoms with Crippen molar-refractivity contribution in [2.45, 2.75) is 25.9 Å². The number of aromatic nitrogens is 3. The van der Waals surface area contributed by atoms with Crippen LogP contribution < -0.4 is 9.74 Å². The first kappa shape index (κ1) is 21.9. The number of hydrogen-bond acceptors (Lipinski definition) is 5. The number of nitrogens with zero attached hydrogens (tertiary/aromatic N) is 4. The van der Waals surface area contributed by atoms with Crippen molar-refractivity contribution in [3.05, 3.63) is 42.9 Å². The fourth-order valence-corrected chi connectivity index (χ4v) is 3.70. The van der Waals surface area contributed by atoms with Crippen molar-refractivity contribution in [1.82, 2.24) is 14.9 Å². The van der Waals surface area contributed by atoms with E-state index in [0.29, 0.717) is 30.2 Å². The maximum atomic E-state index is 12.3. The Bertz CT molecular complexity index is 809. The first-order valence-corrected chi connectivity index (χ1v) is 10.2. The summed E-state index contributed by atoms with van der Waals surface area (Å²) in [6, 6.07) is 5.48. The number of pyridine rings is 1. The van der Waals surface area contributed by atoms with Gasteiger partial charge in [0, 0.05) is 58.6 Å². The molecule has 10 heteroatoms. The highest BCUT2D eigenvalue weighted by atomic mass is 32.2. The number of rotatable bonds is 10. The fraction of sp³-hybridized carbons (Fsp3) is 0.444. The molecule has 0 N–H and O–H groups in total. The topological polar surface area (TPSA) is 60.2 Å². The molecule has 0 spiro atoms. The Balaban J connectivity index is 2.08. The average molecular weight is 416 g/mol. The number of hydrogen-bond donors (Lipinski definition) is 0. The standard InChI is InChI=1S/C18H23F3N4O2S/c1-4-24(14(2)7-10-28(26)11-8-18(19,20)21)17-12-16(23-25(17)27-3)15-6-5-9-22-13-15/h5-6,9,12-13H,2,4,7-8,10-11H2,1,3H3. The van der Waals surface area contributed by atoms with Crippen molar-refractivity contribution >= 4 is 16.6 Å². The molecule has 0 saturated heterocycles. The second kappa shape index (κ2) is 9.72. The van der Waals surface area contributed by atoms with Crippen molar-refractivity contribution in [3.63, 3.8) is 0 Å². The van der Waals surface area contributed by atoms with Crippen molar-refractivity contribution in [3.8, 4) is 11.3 Å². The van der Waals surface area contributed by atoms with Crippen LogP contribution in [0.2, 0.25) is 0 Å². The molecule has 28 heavy (non-hydrogen) atoms. The van der Waals surface area contributed by atoms with Crippen LogP contribution in [0.15, 0.2) is 42.9 Å². The van der Waals surface area contributed by atoms with Gasteiger partial charge in [-0.1, -0.05) is 11.4 Å². The van der Waals surface area contributed by atoms with Crippen LogP contribution in [0.5, 0.6) is 0 Å².